The summed E-state index contributed by atoms with van der Waals surface area (Å²) >= 11 is 12.4. The van der Waals surface area contributed by atoms with Gasteiger partial charge < -0.3 is 4.74 Å². The Bertz CT molecular complexity index is 488. The molecule has 0 aliphatic heterocycles. The minimum Gasteiger partial charge on any atom is -0.373 e. The third kappa shape index (κ3) is 3.77. The Morgan fingerprint density at radius 1 is 1.09 bits per heavy atom. The van der Waals surface area contributed by atoms with Gasteiger partial charge in [-0.15, -0.1) is 0 Å². The predicted molar refractivity (Wildman–Crippen MR) is 91.4 cm³/mol. The summed E-state index contributed by atoms with van der Waals surface area (Å²) in [6, 6.07) is 0. The third-order valence-corrected chi connectivity index (χ3v) is 6.13. The van der Waals surface area contributed by atoms with E-state index >= 15 is 0 Å². The van der Waals surface area contributed by atoms with Crippen molar-refractivity contribution in [3.63, 3.8) is 0 Å². The highest BCUT2D eigenvalue weighted by molar-refractivity contribution is 6.35. The first-order valence-electron chi connectivity index (χ1n) is 8.55. The second-order valence-corrected chi connectivity index (χ2v) is 7.79. The van der Waals surface area contributed by atoms with Gasteiger partial charge >= 0.3 is 0 Å². The van der Waals surface area contributed by atoms with Gasteiger partial charge in [-0.2, -0.15) is 0 Å². The lowest BCUT2D eigenvalue weighted by Gasteiger charge is -2.39. The minimum atomic E-state index is -0.0768. The van der Waals surface area contributed by atoms with E-state index in [4.69, 9.17) is 27.9 Å². The molecule has 22 heavy (non-hydrogen) atoms. The van der Waals surface area contributed by atoms with E-state index in [0.717, 1.165) is 24.0 Å². The maximum atomic E-state index is 6.21. The van der Waals surface area contributed by atoms with Crippen LogP contribution >= 0.6 is 23.2 Å². The van der Waals surface area contributed by atoms with Crippen LogP contribution in [0.4, 0.5) is 0 Å². The molecule has 0 amide bonds. The van der Waals surface area contributed by atoms with Crippen LogP contribution in [0.1, 0.15) is 63.5 Å². The summed E-state index contributed by atoms with van der Waals surface area (Å²) in [5.74, 6) is 2.63. The van der Waals surface area contributed by atoms with Crippen LogP contribution in [-0.4, -0.2) is 11.6 Å². The molecule has 3 rings (SSSR count). The lowest BCUT2D eigenvalue weighted by Crippen LogP contribution is -2.29. The zero-order chi connectivity index (χ0) is 15.5. The summed E-state index contributed by atoms with van der Waals surface area (Å²) in [5.41, 5.74) is 0.865. The molecular weight excluding hydrogens is 317 g/mol. The first kappa shape index (κ1) is 16.5. The van der Waals surface area contributed by atoms with Crippen molar-refractivity contribution >= 4 is 23.2 Å². The number of pyridine rings is 1. The van der Waals surface area contributed by atoms with Crippen LogP contribution in [0.15, 0.2) is 12.4 Å². The van der Waals surface area contributed by atoms with Gasteiger partial charge in [-0.1, -0.05) is 48.9 Å². The molecule has 2 nitrogen and oxygen atoms in total. The Hall–Kier alpha value is -0.310. The number of halogens is 2. The van der Waals surface area contributed by atoms with Crippen molar-refractivity contribution < 1.29 is 4.74 Å². The van der Waals surface area contributed by atoms with Crippen LogP contribution in [0, 0.1) is 17.8 Å². The molecule has 0 spiro atoms. The zero-order valence-corrected chi connectivity index (χ0v) is 14.7. The number of fused-ring (bicyclic) bond motifs is 1. The van der Waals surface area contributed by atoms with Gasteiger partial charge in [-0.05, 0) is 43.9 Å². The third-order valence-electron chi connectivity index (χ3n) is 5.53. The minimum absolute atomic E-state index is 0.0768. The molecule has 1 heterocycles. The lowest BCUT2D eigenvalue weighted by atomic mass is 9.68. The summed E-state index contributed by atoms with van der Waals surface area (Å²) in [6.07, 6.45) is 13.0. The Morgan fingerprint density at radius 3 is 2.50 bits per heavy atom. The average molecular weight is 342 g/mol. The summed E-state index contributed by atoms with van der Waals surface area (Å²) in [4.78, 5) is 4.00. The molecule has 2 saturated carbocycles. The molecule has 0 saturated heterocycles. The van der Waals surface area contributed by atoms with Crippen LogP contribution in [0.25, 0.3) is 0 Å². The van der Waals surface area contributed by atoms with E-state index in [9.17, 15) is 0 Å². The van der Waals surface area contributed by atoms with Crippen molar-refractivity contribution in [1.29, 1.82) is 0 Å². The Balaban J connectivity index is 1.54. The molecular formula is C18H25Cl2NO. The Morgan fingerprint density at radius 2 is 1.77 bits per heavy atom. The lowest BCUT2D eigenvalue weighted by molar-refractivity contribution is 0.00938. The highest BCUT2D eigenvalue weighted by Crippen LogP contribution is 2.43. The maximum absolute atomic E-state index is 6.21. The highest BCUT2D eigenvalue weighted by atomic mass is 35.5. The molecule has 2 aliphatic rings. The summed E-state index contributed by atoms with van der Waals surface area (Å²) < 4.78 is 6.11. The van der Waals surface area contributed by atoms with E-state index < -0.39 is 0 Å². The van der Waals surface area contributed by atoms with Crippen molar-refractivity contribution in [3.8, 4) is 0 Å². The van der Waals surface area contributed by atoms with Crippen LogP contribution in [-0.2, 0) is 4.74 Å². The maximum Gasteiger partial charge on any atom is 0.0827 e. The van der Waals surface area contributed by atoms with Crippen LogP contribution in [0.2, 0.25) is 10.0 Å². The topological polar surface area (TPSA) is 22.1 Å². The molecule has 122 valence electrons. The molecule has 4 atom stereocenters. The summed E-state index contributed by atoms with van der Waals surface area (Å²) in [5, 5.41) is 1.19. The van der Waals surface area contributed by atoms with Gasteiger partial charge in [0.15, 0.2) is 0 Å². The first-order valence-corrected chi connectivity index (χ1v) is 9.31. The van der Waals surface area contributed by atoms with Gasteiger partial charge in [0.25, 0.3) is 0 Å². The molecule has 0 radical (unpaired) electrons. The van der Waals surface area contributed by atoms with E-state index in [-0.39, 0.29) is 6.10 Å². The highest BCUT2D eigenvalue weighted by Gasteiger charge is 2.32. The Kier molecular flexibility index (Phi) is 5.64. The fourth-order valence-electron chi connectivity index (χ4n) is 4.30. The quantitative estimate of drug-likeness (QED) is 0.662. The van der Waals surface area contributed by atoms with Crippen molar-refractivity contribution in [2.45, 2.75) is 58.0 Å². The van der Waals surface area contributed by atoms with Crippen LogP contribution < -0.4 is 0 Å². The fourth-order valence-corrected chi connectivity index (χ4v) is 4.97. The monoisotopic (exact) mass is 341 g/mol. The zero-order valence-electron chi connectivity index (χ0n) is 13.2. The van der Waals surface area contributed by atoms with Crippen LogP contribution in [0.3, 0.4) is 0 Å². The molecule has 2 fully saturated rings. The molecule has 4 unspecified atom stereocenters. The molecule has 0 bridgehead atoms. The van der Waals surface area contributed by atoms with E-state index in [1.165, 1.54) is 44.9 Å². The van der Waals surface area contributed by atoms with Gasteiger partial charge in [-0.3, -0.25) is 4.98 Å². The normalized spacial score (nSPS) is 29.9. The molecule has 0 aromatic carbocycles. The number of aromatic nitrogens is 1. The standard InChI is InChI=1S/C18H25Cl2NO/c1-12(18-16(19)9-21-10-17(18)20)22-11-13-6-7-14-4-2-3-5-15(14)8-13/h9-10,12-15H,2-8,11H2,1H3. The first-order chi connectivity index (χ1) is 10.6. The Labute approximate surface area is 143 Å². The van der Waals surface area contributed by atoms with E-state index in [0.29, 0.717) is 16.0 Å². The molecule has 1 aromatic heterocycles. The number of hydrogen-bond acceptors (Lipinski definition) is 2. The average Bonchev–Trinajstić information content (AvgIpc) is 2.52. The van der Waals surface area contributed by atoms with Crippen molar-refractivity contribution in [2.75, 3.05) is 6.61 Å². The van der Waals surface area contributed by atoms with Gasteiger partial charge in [0.2, 0.25) is 0 Å². The van der Waals surface area contributed by atoms with E-state index in [1.807, 2.05) is 6.92 Å². The van der Waals surface area contributed by atoms with Gasteiger partial charge in [0, 0.05) is 18.0 Å². The smallest absolute Gasteiger partial charge is 0.0827 e. The number of hydrogen-bond donors (Lipinski definition) is 0. The fraction of sp³-hybridized carbons (Fsp3) is 0.722. The molecule has 0 N–H and O–H groups in total. The number of rotatable bonds is 4. The van der Waals surface area contributed by atoms with Crippen molar-refractivity contribution in [2.24, 2.45) is 17.8 Å². The SMILES string of the molecule is CC(OCC1CCC2CCCCC2C1)c1c(Cl)cncc1Cl. The van der Waals surface area contributed by atoms with Gasteiger partial charge in [0.1, 0.15) is 0 Å². The van der Waals surface area contributed by atoms with E-state index in [2.05, 4.69) is 4.98 Å². The predicted octanol–water partition coefficient (Wildman–Crippen LogP) is 6.07. The summed E-state index contributed by atoms with van der Waals surface area (Å²) in [6.45, 7) is 2.85. The number of ether oxygens (including phenoxy) is 1. The van der Waals surface area contributed by atoms with Gasteiger partial charge in [-0.25, -0.2) is 0 Å². The van der Waals surface area contributed by atoms with Crippen LogP contribution in [0.5, 0.6) is 0 Å². The largest absolute Gasteiger partial charge is 0.373 e. The van der Waals surface area contributed by atoms with Gasteiger partial charge in [0.05, 0.1) is 22.8 Å². The van der Waals surface area contributed by atoms with Crippen molar-refractivity contribution in [1.82, 2.24) is 4.98 Å². The molecule has 2 aliphatic carbocycles. The molecule has 1 aromatic rings. The second-order valence-electron chi connectivity index (χ2n) is 6.98. The van der Waals surface area contributed by atoms with Crippen molar-refractivity contribution in [3.05, 3.63) is 28.0 Å². The summed E-state index contributed by atoms with van der Waals surface area (Å²) in [7, 11) is 0. The van der Waals surface area contributed by atoms with E-state index in [1.54, 1.807) is 12.4 Å². The molecule has 4 heteroatoms. The number of nitrogens with zero attached hydrogens (tertiary/aromatic N) is 1. The second kappa shape index (κ2) is 7.51.